The zero-order chi connectivity index (χ0) is 16.4. The fraction of sp³-hybridized carbons (Fsp3) is 0. The lowest BCUT2D eigenvalue weighted by Crippen LogP contribution is -2.15. The average molecular weight is 345 g/mol. The number of anilines is 1. The highest BCUT2D eigenvalue weighted by Gasteiger charge is 2.21. The smallest absolute Gasteiger partial charge is 0.264 e. The summed E-state index contributed by atoms with van der Waals surface area (Å²) in [5, 5.41) is 9.91. The van der Waals surface area contributed by atoms with Gasteiger partial charge in [0.1, 0.15) is 16.1 Å². The van der Waals surface area contributed by atoms with E-state index in [0.717, 1.165) is 5.39 Å². The summed E-state index contributed by atoms with van der Waals surface area (Å²) in [4.78, 5) is 7.68. The summed E-state index contributed by atoms with van der Waals surface area (Å²) < 4.78 is 27.6. The standard InChI is InChI=1S/C15H9ClN4O2S/c16-14-7-6-13(12(9-17)19-14)23(21,22)20-11-5-1-3-10-4-2-8-18-15(10)11/h1-8,20H. The molecule has 23 heavy (non-hydrogen) atoms. The average Bonchev–Trinajstić information content (AvgIpc) is 2.54. The molecule has 3 rings (SSSR count). The molecule has 0 aliphatic carbocycles. The van der Waals surface area contributed by atoms with Crippen LogP contribution in [0.2, 0.25) is 5.15 Å². The van der Waals surface area contributed by atoms with Gasteiger partial charge in [0.05, 0.1) is 11.2 Å². The number of sulfonamides is 1. The number of para-hydroxylation sites is 1. The molecule has 0 fully saturated rings. The Bertz CT molecular complexity index is 1040. The van der Waals surface area contributed by atoms with Gasteiger partial charge >= 0.3 is 0 Å². The molecule has 114 valence electrons. The predicted octanol–water partition coefficient (Wildman–Crippen LogP) is 2.96. The Morgan fingerprint density at radius 1 is 1.13 bits per heavy atom. The molecule has 3 aromatic rings. The summed E-state index contributed by atoms with van der Waals surface area (Å²) in [6.07, 6.45) is 1.57. The molecule has 0 spiro atoms. The van der Waals surface area contributed by atoms with Crippen molar-refractivity contribution in [3.63, 3.8) is 0 Å². The molecule has 0 radical (unpaired) electrons. The Kier molecular flexibility index (Phi) is 3.86. The molecule has 0 amide bonds. The first kappa shape index (κ1) is 15.2. The molecule has 8 heteroatoms. The van der Waals surface area contributed by atoms with Crippen molar-refractivity contribution < 1.29 is 8.42 Å². The number of fused-ring (bicyclic) bond motifs is 1. The summed E-state index contributed by atoms with van der Waals surface area (Å²) >= 11 is 5.70. The second-order valence-electron chi connectivity index (χ2n) is 4.58. The maximum Gasteiger partial charge on any atom is 0.264 e. The molecule has 0 bridgehead atoms. The molecule has 0 unspecified atom stereocenters. The lowest BCUT2D eigenvalue weighted by molar-refractivity contribution is 0.600. The van der Waals surface area contributed by atoms with Gasteiger partial charge in [0.15, 0.2) is 5.69 Å². The Balaban J connectivity index is 2.10. The van der Waals surface area contributed by atoms with Crippen LogP contribution in [0, 0.1) is 11.3 Å². The van der Waals surface area contributed by atoms with Gasteiger partial charge in [-0.15, -0.1) is 0 Å². The van der Waals surface area contributed by atoms with Crippen molar-refractivity contribution in [1.29, 1.82) is 5.26 Å². The number of benzene rings is 1. The van der Waals surface area contributed by atoms with Crippen molar-refractivity contribution in [1.82, 2.24) is 9.97 Å². The zero-order valence-electron chi connectivity index (χ0n) is 11.6. The van der Waals surface area contributed by atoms with Crippen molar-refractivity contribution in [3.05, 3.63) is 59.5 Å². The number of rotatable bonds is 3. The number of hydrogen-bond donors (Lipinski definition) is 1. The Morgan fingerprint density at radius 3 is 2.70 bits per heavy atom. The SMILES string of the molecule is N#Cc1nc(Cl)ccc1S(=O)(=O)Nc1cccc2cccnc12. The first-order chi connectivity index (χ1) is 11.0. The molecule has 1 aromatic carbocycles. The van der Waals surface area contributed by atoms with Crippen LogP contribution in [0.5, 0.6) is 0 Å². The van der Waals surface area contributed by atoms with Gasteiger partial charge in [-0.3, -0.25) is 9.71 Å². The van der Waals surface area contributed by atoms with E-state index in [0.29, 0.717) is 11.2 Å². The van der Waals surface area contributed by atoms with Gasteiger partial charge in [0.2, 0.25) is 0 Å². The van der Waals surface area contributed by atoms with Crippen LogP contribution in [0.3, 0.4) is 0 Å². The van der Waals surface area contributed by atoms with E-state index in [1.807, 2.05) is 12.1 Å². The first-order valence-electron chi connectivity index (χ1n) is 6.44. The Hall–Kier alpha value is -2.69. The van der Waals surface area contributed by atoms with Crippen molar-refractivity contribution in [3.8, 4) is 6.07 Å². The van der Waals surface area contributed by atoms with Gasteiger partial charge < -0.3 is 0 Å². The predicted molar refractivity (Wildman–Crippen MR) is 86.5 cm³/mol. The summed E-state index contributed by atoms with van der Waals surface area (Å²) in [5.41, 5.74) is 0.569. The molecule has 1 N–H and O–H groups in total. The zero-order valence-corrected chi connectivity index (χ0v) is 13.1. The molecule has 0 saturated heterocycles. The van der Waals surface area contributed by atoms with Crippen LogP contribution in [0.25, 0.3) is 10.9 Å². The van der Waals surface area contributed by atoms with E-state index in [1.165, 1.54) is 12.1 Å². The van der Waals surface area contributed by atoms with Crippen molar-refractivity contribution in [2.45, 2.75) is 4.90 Å². The molecule has 0 saturated carbocycles. The highest BCUT2D eigenvalue weighted by atomic mass is 35.5. The number of nitriles is 1. The van der Waals surface area contributed by atoms with E-state index < -0.39 is 10.0 Å². The third-order valence-corrected chi connectivity index (χ3v) is 4.70. The first-order valence-corrected chi connectivity index (χ1v) is 8.30. The van der Waals surface area contributed by atoms with Gasteiger partial charge in [-0.25, -0.2) is 13.4 Å². The van der Waals surface area contributed by atoms with Gasteiger partial charge in [-0.05, 0) is 24.3 Å². The Labute approximate surface area is 137 Å². The fourth-order valence-corrected chi connectivity index (χ4v) is 3.41. The van der Waals surface area contributed by atoms with E-state index in [9.17, 15) is 8.42 Å². The summed E-state index contributed by atoms with van der Waals surface area (Å²) in [7, 11) is -4.00. The lowest BCUT2D eigenvalue weighted by Gasteiger charge is -2.10. The summed E-state index contributed by atoms with van der Waals surface area (Å²) in [5.74, 6) is 0. The van der Waals surface area contributed by atoms with Crippen LogP contribution in [0.1, 0.15) is 5.69 Å². The van der Waals surface area contributed by atoms with E-state index in [2.05, 4.69) is 14.7 Å². The van der Waals surface area contributed by atoms with Crippen molar-refractivity contribution in [2.75, 3.05) is 4.72 Å². The summed E-state index contributed by atoms with van der Waals surface area (Å²) in [6.45, 7) is 0. The number of aromatic nitrogens is 2. The van der Waals surface area contributed by atoms with Crippen molar-refractivity contribution >= 4 is 38.2 Å². The van der Waals surface area contributed by atoms with Crippen LogP contribution in [0.15, 0.2) is 53.6 Å². The normalized spacial score (nSPS) is 11.1. The van der Waals surface area contributed by atoms with Gasteiger partial charge in [0.25, 0.3) is 10.0 Å². The molecular formula is C15H9ClN4O2S. The van der Waals surface area contributed by atoms with E-state index >= 15 is 0 Å². The van der Waals surface area contributed by atoms with Crippen LogP contribution in [-0.2, 0) is 10.0 Å². The minimum absolute atomic E-state index is 0.0485. The monoisotopic (exact) mass is 344 g/mol. The van der Waals surface area contributed by atoms with Crippen LogP contribution >= 0.6 is 11.6 Å². The quantitative estimate of drug-likeness (QED) is 0.737. The number of nitrogens with one attached hydrogen (secondary N) is 1. The van der Waals surface area contributed by atoms with E-state index in [1.54, 1.807) is 30.5 Å². The lowest BCUT2D eigenvalue weighted by atomic mass is 10.2. The Morgan fingerprint density at radius 2 is 1.91 bits per heavy atom. The van der Waals surface area contributed by atoms with E-state index in [4.69, 9.17) is 16.9 Å². The van der Waals surface area contributed by atoms with Crippen LogP contribution in [-0.4, -0.2) is 18.4 Å². The molecule has 2 heterocycles. The highest BCUT2D eigenvalue weighted by molar-refractivity contribution is 7.92. The molecule has 0 aliphatic rings. The third-order valence-electron chi connectivity index (χ3n) is 3.10. The minimum Gasteiger partial charge on any atom is -0.277 e. The number of halogens is 1. The largest absolute Gasteiger partial charge is 0.277 e. The summed E-state index contributed by atoms with van der Waals surface area (Å²) in [6, 6.07) is 13.0. The van der Waals surface area contributed by atoms with Gasteiger partial charge in [-0.2, -0.15) is 5.26 Å². The number of pyridine rings is 2. The second kappa shape index (κ2) is 5.83. The van der Waals surface area contributed by atoms with Gasteiger partial charge in [0, 0.05) is 11.6 Å². The maximum absolute atomic E-state index is 12.6. The molecule has 0 atom stereocenters. The number of hydrogen-bond acceptors (Lipinski definition) is 5. The highest BCUT2D eigenvalue weighted by Crippen LogP contribution is 2.25. The molecular weight excluding hydrogens is 336 g/mol. The van der Waals surface area contributed by atoms with Crippen LogP contribution < -0.4 is 4.72 Å². The van der Waals surface area contributed by atoms with E-state index in [-0.39, 0.29) is 15.7 Å². The van der Waals surface area contributed by atoms with Gasteiger partial charge in [-0.1, -0.05) is 29.8 Å². The third kappa shape index (κ3) is 2.95. The topological polar surface area (TPSA) is 95.7 Å². The fourth-order valence-electron chi connectivity index (χ4n) is 2.11. The van der Waals surface area contributed by atoms with Crippen LogP contribution in [0.4, 0.5) is 5.69 Å². The molecule has 0 aliphatic heterocycles. The molecule has 2 aromatic heterocycles. The molecule has 6 nitrogen and oxygen atoms in total. The second-order valence-corrected chi connectivity index (χ2v) is 6.62. The maximum atomic E-state index is 12.6. The number of nitrogens with zero attached hydrogens (tertiary/aromatic N) is 3. The minimum atomic E-state index is -4.00. The van der Waals surface area contributed by atoms with Crippen molar-refractivity contribution in [2.24, 2.45) is 0 Å².